The van der Waals surface area contributed by atoms with E-state index in [1.807, 2.05) is 0 Å². The van der Waals surface area contributed by atoms with Gasteiger partial charge in [-0.2, -0.15) is 0 Å². The van der Waals surface area contributed by atoms with Crippen molar-refractivity contribution < 1.29 is 9.18 Å². The van der Waals surface area contributed by atoms with E-state index in [2.05, 4.69) is 15.2 Å². The van der Waals surface area contributed by atoms with Crippen molar-refractivity contribution >= 4 is 5.91 Å². The Bertz CT molecular complexity index is 649. The molecule has 4 nitrogen and oxygen atoms in total. The molecule has 1 N–H and O–H groups in total. The molecule has 2 aromatic rings. The number of nitrogens with one attached hydrogen (secondary N) is 1. The first-order chi connectivity index (χ1) is 11.2. The molecule has 1 aliphatic heterocycles. The molecule has 2 heterocycles. The van der Waals surface area contributed by atoms with Crippen LogP contribution in [0.3, 0.4) is 0 Å². The predicted octanol–water partition coefficient (Wildman–Crippen LogP) is 2.71. The number of pyridine rings is 1. The highest BCUT2D eigenvalue weighted by atomic mass is 19.1. The SMILES string of the molecule is O=C(NCCN1CCCC1)c1ccc(-c2ccc(F)cc2)nc1. The summed E-state index contributed by atoms with van der Waals surface area (Å²) in [5.74, 6) is -0.384. The fourth-order valence-electron chi connectivity index (χ4n) is 2.76. The minimum atomic E-state index is -0.275. The molecule has 1 aromatic heterocycles. The number of nitrogens with zero attached hydrogens (tertiary/aromatic N) is 2. The van der Waals surface area contributed by atoms with Crippen LogP contribution in [0.2, 0.25) is 0 Å². The third kappa shape index (κ3) is 4.13. The predicted molar refractivity (Wildman–Crippen MR) is 87.6 cm³/mol. The second-order valence-electron chi connectivity index (χ2n) is 5.74. The Balaban J connectivity index is 1.55. The van der Waals surface area contributed by atoms with E-state index in [1.54, 1.807) is 30.5 Å². The van der Waals surface area contributed by atoms with Crippen molar-refractivity contribution in [2.45, 2.75) is 12.8 Å². The van der Waals surface area contributed by atoms with Crippen LogP contribution in [0.1, 0.15) is 23.2 Å². The molecule has 0 atom stereocenters. The quantitative estimate of drug-likeness (QED) is 0.923. The topological polar surface area (TPSA) is 45.2 Å². The largest absolute Gasteiger partial charge is 0.351 e. The molecule has 0 saturated carbocycles. The number of aromatic nitrogens is 1. The lowest BCUT2D eigenvalue weighted by Crippen LogP contribution is -2.33. The first kappa shape index (κ1) is 15.6. The molecule has 23 heavy (non-hydrogen) atoms. The number of halogens is 1. The third-order valence-corrected chi connectivity index (χ3v) is 4.08. The fraction of sp³-hybridized carbons (Fsp3) is 0.333. The van der Waals surface area contributed by atoms with Crippen molar-refractivity contribution in [2.75, 3.05) is 26.2 Å². The number of likely N-dealkylation sites (tertiary alicyclic amines) is 1. The van der Waals surface area contributed by atoms with Crippen LogP contribution in [-0.2, 0) is 0 Å². The van der Waals surface area contributed by atoms with Gasteiger partial charge >= 0.3 is 0 Å². The average molecular weight is 313 g/mol. The van der Waals surface area contributed by atoms with E-state index in [0.29, 0.717) is 12.1 Å². The number of benzene rings is 1. The highest BCUT2D eigenvalue weighted by Gasteiger charge is 2.12. The van der Waals surface area contributed by atoms with E-state index in [0.717, 1.165) is 30.9 Å². The third-order valence-electron chi connectivity index (χ3n) is 4.08. The Morgan fingerprint density at radius 2 is 1.87 bits per heavy atom. The maximum absolute atomic E-state index is 12.9. The van der Waals surface area contributed by atoms with Crippen LogP contribution in [-0.4, -0.2) is 42.0 Å². The van der Waals surface area contributed by atoms with Crippen LogP contribution in [0.15, 0.2) is 42.6 Å². The highest BCUT2D eigenvalue weighted by molar-refractivity contribution is 5.94. The summed E-state index contributed by atoms with van der Waals surface area (Å²) in [5, 5.41) is 2.92. The van der Waals surface area contributed by atoms with Crippen molar-refractivity contribution in [1.29, 1.82) is 0 Å². The van der Waals surface area contributed by atoms with Gasteiger partial charge in [0.25, 0.3) is 5.91 Å². The molecule has 1 amide bonds. The summed E-state index contributed by atoms with van der Waals surface area (Å²) in [7, 11) is 0. The van der Waals surface area contributed by atoms with Gasteiger partial charge in [-0.05, 0) is 62.3 Å². The van der Waals surface area contributed by atoms with Crippen molar-refractivity contribution in [3.05, 3.63) is 54.0 Å². The standard InChI is InChI=1S/C18H20FN3O/c19-16-6-3-14(4-7-16)17-8-5-15(13-21-17)18(23)20-9-12-22-10-1-2-11-22/h3-8,13H,1-2,9-12H2,(H,20,23). The van der Waals surface area contributed by atoms with Crippen molar-refractivity contribution in [3.63, 3.8) is 0 Å². The smallest absolute Gasteiger partial charge is 0.252 e. The monoisotopic (exact) mass is 313 g/mol. The summed E-state index contributed by atoms with van der Waals surface area (Å²) in [6, 6.07) is 9.67. The average Bonchev–Trinajstić information content (AvgIpc) is 3.09. The number of amides is 1. The van der Waals surface area contributed by atoms with Crippen molar-refractivity contribution in [2.24, 2.45) is 0 Å². The molecule has 3 rings (SSSR count). The second-order valence-corrected chi connectivity index (χ2v) is 5.74. The van der Waals surface area contributed by atoms with Gasteiger partial charge in [-0.25, -0.2) is 4.39 Å². The molecular weight excluding hydrogens is 293 g/mol. The van der Waals surface area contributed by atoms with Gasteiger partial charge in [-0.15, -0.1) is 0 Å². The maximum atomic E-state index is 12.9. The molecule has 1 aliphatic rings. The molecule has 120 valence electrons. The van der Waals surface area contributed by atoms with Gasteiger partial charge < -0.3 is 10.2 Å². The zero-order valence-electron chi connectivity index (χ0n) is 13.0. The summed E-state index contributed by atoms with van der Waals surface area (Å²) < 4.78 is 12.9. The van der Waals surface area contributed by atoms with E-state index in [4.69, 9.17) is 0 Å². The van der Waals surface area contributed by atoms with Crippen LogP contribution in [0.25, 0.3) is 11.3 Å². The summed E-state index contributed by atoms with van der Waals surface area (Å²) in [4.78, 5) is 18.7. The van der Waals surface area contributed by atoms with Gasteiger partial charge in [-0.1, -0.05) is 0 Å². The van der Waals surface area contributed by atoms with E-state index in [9.17, 15) is 9.18 Å². The lowest BCUT2D eigenvalue weighted by Gasteiger charge is -2.14. The molecule has 1 saturated heterocycles. The summed E-state index contributed by atoms with van der Waals surface area (Å²) in [6.07, 6.45) is 4.06. The van der Waals surface area contributed by atoms with Gasteiger partial charge in [-0.3, -0.25) is 9.78 Å². The summed E-state index contributed by atoms with van der Waals surface area (Å²) >= 11 is 0. The first-order valence-corrected chi connectivity index (χ1v) is 7.95. The molecule has 0 radical (unpaired) electrons. The van der Waals surface area contributed by atoms with E-state index >= 15 is 0 Å². The molecular formula is C18H20FN3O. The molecule has 0 bridgehead atoms. The van der Waals surface area contributed by atoms with Gasteiger partial charge in [0.2, 0.25) is 0 Å². The summed E-state index contributed by atoms with van der Waals surface area (Å²) in [5.41, 5.74) is 2.09. The minimum absolute atomic E-state index is 0.109. The lowest BCUT2D eigenvalue weighted by molar-refractivity contribution is 0.0949. The molecule has 1 fully saturated rings. The van der Waals surface area contributed by atoms with Crippen molar-refractivity contribution in [1.82, 2.24) is 15.2 Å². The Labute approximate surface area is 135 Å². The lowest BCUT2D eigenvalue weighted by atomic mass is 10.1. The molecule has 0 spiro atoms. The molecule has 5 heteroatoms. The zero-order chi connectivity index (χ0) is 16.1. The Morgan fingerprint density at radius 1 is 1.13 bits per heavy atom. The Kier molecular flexibility index (Phi) is 4.98. The zero-order valence-corrected chi connectivity index (χ0v) is 13.0. The van der Waals surface area contributed by atoms with Crippen LogP contribution in [0.5, 0.6) is 0 Å². The minimum Gasteiger partial charge on any atom is -0.351 e. The molecule has 0 unspecified atom stereocenters. The fourth-order valence-corrected chi connectivity index (χ4v) is 2.76. The second kappa shape index (κ2) is 7.33. The van der Waals surface area contributed by atoms with Gasteiger partial charge in [0.15, 0.2) is 0 Å². The highest BCUT2D eigenvalue weighted by Crippen LogP contribution is 2.17. The Morgan fingerprint density at radius 3 is 2.52 bits per heavy atom. The van der Waals surface area contributed by atoms with Crippen LogP contribution in [0.4, 0.5) is 4.39 Å². The van der Waals surface area contributed by atoms with Gasteiger partial charge in [0.1, 0.15) is 5.82 Å². The van der Waals surface area contributed by atoms with E-state index in [-0.39, 0.29) is 11.7 Å². The van der Waals surface area contributed by atoms with Crippen LogP contribution >= 0.6 is 0 Å². The maximum Gasteiger partial charge on any atom is 0.252 e. The Hall–Kier alpha value is -2.27. The van der Waals surface area contributed by atoms with Gasteiger partial charge in [0.05, 0.1) is 11.3 Å². The van der Waals surface area contributed by atoms with E-state index < -0.39 is 0 Å². The number of hydrogen-bond acceptors (Lipinski definition) is 3. The number of carbonyl (C=O) groups excluding carboxylic acids is 1. The number of rotatable bonds is 5. The van der Waals surface area contributed by atoms with Crippen LogP contribution in [0, 0.1) is 5.82 Å². The first-order valence-electron chi connectivity index (χ1n) is 7.95. The van der Waals surface area contributed by atoms with Crippen molar-refractivity contribution in [3.8, 4) is 11.3 Å². The van der Waals surface area contributed by atoms with Gasteiger partial charge in [0, 0.05) is 24.8 Å². The van der Waals surface area contributed by atoms with E-state index in [1.165, 1.54) is 25.0 Å². The number of carbonyl (C=O) groups is 1. The number of hydrogen-bond donors (Lipinski definition) is 1. The normalized spacial score (nSPS) is 14.8. The molecule has 1 aromatic carbocycles. The summed E-state index contributed by atoms with van der Waals surface area (Å²) in [6.45, 7) is 3.80. The van der Waals surface area contributed by atoms with Crippen LogP contribution < -0.4 is 5.32 Å². The molecule has 0 aliphatic carbocycles.